The van der Waals surface area contributed by atoms with Gasteiger partial charge in [0.2, 0.25) is 0 Å². The molecule has 1 N–H and O–H groups in total. The molecule has 1 heterocycles. The van der Waals surface area contributed by atoms with Crippen molar-refractivity contribution >= 4 is 54.8 Å². The Kier molecular flexibility index (Phi) is 5.69. The van der Waals surface area contributed by atoms with Crippen molar-refractivity contribution in [1.29, 1.82) is 0 Å². The van der Waals surface area contributed by atoms with Crippen molar-refractivity contribution in [2.24, 2.45) is 0 Å². The monoisotopic (exact) mass is 527 g/mol. The third kappa shape index (κ3) is 4.15. The van der Waals surface area contributed by atoms with Crippen molar-refractivity contribution in [1.82, 2.24) is 0 Å². The van der Waals surface area contributed by atoms with E-state index < -0.39 is 11.0 Å². The quantitative estimate of drug-likeness (QED) is 0.316. The van der Waals surface area contributed by atoms with Crippen LogP contribution >= 0.6 is 31.9 Å². The summed E-state index contributed by atoms with van der Waals surface area (Å²) in [4.78, 5) is 25.5. The lowest BCUT2D eigenvalue weighted by atomic mass is 10.1. The van der Waals surface area contributed by atoms with Gasteiger partial charge in [0, 0.05) is 32.5 Å². The Bertz CT molecular complexity index is 1130. The lowest BCUT2D eigenvalue weighted by Crippen LogP contribution is -2.30. The lowest BCUT2D eigenvalue weighted by Gasteiger charge is -2.25. The number of benzene rings is 3. The fourth-order valence-electron chi connectivity index (χ4n) is 3.26. The van der Waals surface area contributed by atoms with Crippen LogP contribution in [0.25, 0.3) is 0 Å². The minimum Gasteiger partial charge on any atom is -0.351 e. The van der Waals surface area contributed by atoms with Crippen LogP contribution in [0.2, 0.25) is 0 Å². The largest absolute Gasteiger partial charge is 0.351 e. The van der Waals surface area contributed by atoms with Crippen LogP contribution in [0, 0.1) is 10.1 Å². The summed E-state index contributed by atoms with van der Waals surface area (Å²) in [5.74, 6) is -0.177. The normalized spacial score (nSPS) is 15.8. The number of nitro groups is 1. The molecular weight excluding hydrogens is 514 g/mol. The first kappa shape index (κ1) is 20.3. The molecule has 30 heavy (non-hydrogen) atoms. The van der Waals surface area contributed by atoms with Crippen LogP contribution in [0.1, 0.15) is 11.6 Å². The Morgan fingerprint density at radius 1 is 0.867 bits per heavy atom. The number of nitrogens with zero attached hydrogens (tertiary/aromatic N) is 2. The van der Waals surface area contributed by atoms with E-state index in [0.29, 0.717) is 5.70 Å². The summed E-state index contributed by atoms with van der Waals surface area (Å²) >= 11 is 6.82. The van der Waals surface area contributed by atoms with E-state index in [4.69, 9.17) is 0 Å². The van der Waals surface area contributed by atoms with Crippen LogP contribution in [0.15, 0.2) is 93.5 Å². The van der Waals surface area contributed by atoms with Gasteiger partial charge in [-0.15, -0.1) is 0 Å². The molecule has 4 rings (SSSR count). The van der Waals surface area contributed by atoms with Crippen LogP contribution in [-0.4, -0.2) is 10.8 Å². The van der Waals surface area contributed by atoms with Crippen molar-refractivity contribution in [3.8, 4) is 0 Å². The predicted molar refractivity (Wildman–Crippen MR) is 123 cm³/mol. The summed E-state index contributed by atoms with van der Waals surface area (Å²) in [6.07, 6.45) is 1.84. The zero-order chi connectivity index (χ0) is 21.3. The average molecular weight is 529 g/mol. The number of anilines is 2. The minimum absolute atomic E-state index is 0.00968. The summed E-state index contributed by atoms with van der Waals surface area (Å²) in [6.45, 7) is 0. The maximum absolute atomic E-state index is 13.3. The lowest BCUT2D eigenvalue weighted by molar-refractivity contribution is -0.384. The van der Waals surface area contributed by atoms with Gasteiger partial charge >= 0.3 is 0 Å². The van der Waals surface area contributed by atoms with Gasteiger partial charge in [0.1, 0.15) is 5.70 Å². The van der Waals surface area contributed by atoms with Crippen molar-refractivity contribution in [2.45, 2.75) is 6.04 Å². The first-order chi connectivity index (χ1) is 14.4. The van der Waals surface area contributed by atoms with E-state index in [1.807, 2.05) is 54.6 Å². The number of carbonyl (C=O) groups is 1. The molecule has 1 aliphatic heterocycles. The highest BCUT2D eigenvalue weighted by Gasteiger charge is 2.35. The third-order valence-electron chi connectivity index (χ3n) is 4.73. The molecule has 6 nitrogen and oxygen atoms in total. The Labute approximate surface area is 189 Å². The van der Waals surface area contributed by atoms with Crippen molar-refractivity contribution in [3.05, 3.63) is 109 Å². The maximum atomic E-state index is 13.3. The number of non-ortho nitro benzene ring substituents is 1. The number of halogens is 2. The molecule has 0 bridgehead atoms. The third-order valence-corrected chi connectivity index (χ3v) is 5.78. The standard InChI is InChI=1S/C22H15Br2N3O3/c23-15-3-7-17(8-4-15)25-20-13-21(14-1-9-19(10-2-14)27(29)30)26(22(20)28)18-11-5-16(24)6-12-18/h1-13,21,25H/t21-/m1/s1. The predicted octanol–water partition coefficient (Wildman–Crippen LogP) is 6.20. The van der Waals surface area contributed by atoms with Crippen molar-refractivity contribution < 1.29 is 9.72 Å². The zero-order valence-electron chi connectivity index (χ0n) is 15.5. The molecule has 0 aliphatic carbocycles. The molecule has 8 heteroatoms. The number of amides is 1. The molecule has 0 radical (unpaired) electrons. The Hall–Kier alpha value is -2.97. The molecule has 0 saturated carbocycles. The first-order valence-electron chi connectivity index (χ1n) is 9.00. The Morgan fingerprint density at radius 3 is 2.00 bits per heavy atom. The SMILES string of the molecule is O=C1C(Nc2ccc(Br)cc2)=C[C@H](c2ccc([N+](=O)[O-])cc2)N1c1ccc(Br)cc1. The second-order valence-electron chi connectivity index (χ2n) is 6.66. The smallest absolute Gasteiger partial charge is 0.275 e. The molecule has 3 aromatic rings. The molecule has 0 saturated heterocycles. The van der Waals surface area contributed by atoms with E-state index in [1.165, 1.54) is 12.1 Å². The summed E-state index contributed by atoms with van der Waals surface area (Å²) in [6, 6.07) is 20.9. The molecule has 150 valence electrons. The Morgan fingerprint density at radius 2 is 1.43 bits per heavy atom. The molecule has 0 spiro atoms. The van der Waals surface area contributed by atoms with Gasteiger partial charge in [-0.1, -0.05) is 31.9 Å². The number of nitrogens with one attached hydrogen (secondary N) is 1. The van der Waals surface area contributed by atoms with Crippen LogP contribution in [0.4, 0.5) is 17.1 Å². The number of carbonyl (C=O) groups excluding carboxylic acids is 1. The highest BCUT2D eigenvalue weighted by atomic mass is 79.9. The number of nitro benzene ring substituents is 1. The Balaban J connectivity index is 1.72. The number of hydrogen-bond acceptors (Lipinski definition) is 4. The van der Waals surface area contributed by atoms with Gasteiger partial charge in [0.15, 0.2) is 0 Å². The second kappa shape index (κ2) is 8.41. The van der Waals surface area contributed by atoms with Gasteiger partial charge in [-0.2, -0.15) is 0 Å². The van der Waals surface area contributed by atoms with E-state index in [0.717, 1.165) is 25.9 Å². The van der Waals surface area contributed by atoms with E-state index in [9.17, 15) is 14.9 Å². The molecule has 1 aliphatic rings. The van der Waals surface area contributed by atoms with Gasteiger partial charge in [-0.25, -0.2) is 0 Å². The first-order valence-corrected chi connectivity index (χ1v) is 10.6. The highest BCUT2D eigenvalue weighted by molar-refractivity contribution is 9.10. The molecule has 0 unspecified atom stereocenters. The summed E-state index contributed by atoms with van der Waals surface area (Å²) < 4.78 is 1.85. The topological polar surface area (TPSA) is 75.5 Å². The summed E-state index contributed by atoms with van der Waals surface area (Å²) in [5.41, 5.74) is 2.76. The summed E-state index contributed by atoms with van der Waals surface area (Å²) in [7, 11) is 0. The zero-order valence-corrected chi connectivity index (χ0v) is 18.6. The number of hydrogen-bond donors (Lipinski definition) is 1. The fraction of sp³-hybridized carbons (Fsp3) is 0.0455. The van der Waals surface area contributed by atoms with E-state index in [2.05, 4.69) is 37.2 Å². The van der Waals surface area contributed by atoms with Crippen LogP contribution in [0.5, 0.6) is 0 Å². The van der Waals surface area contributed by atoms with Gasteiger partial charge in [-0.05, 0) is 72.3 Å². The molecular formula is C22H15Br2N3O3. The second-order valence-corrected chi connectivity index (χ2v) is 8.49. The van der Waals surface area contributed by atoms with E-state index in [1.54, 1.807) is 17.0 Å². The van der Waals surface area contributed by atoms with E-state index in [-0.39, 0.29) is 11.6 Å². The van der Waals surface area contributed by atoms with Gasteiger partial charge in [0.25, 0.3) is 11.6 Å². The minimum atomic E-state index is -0.438. The fourth-order valence-corrected chi connectivity index (χ4v) is 3.79. The molecule has 0 aromatic heterocycles. The maximum Gasteiger partial charge on any atom is 0.275 e. The average Bonchev–Trinajstić information content (AvgIpc) is 3.06. The number of rotatable bonds is 5. The van der Waals surface area contributed by atoms with Crippen LogP contribution in [-0.2, 0) is 4.79 Å². The molecule has 3 aromatic carbocycles. The van der Waals surface area contributed by atoms with Crippen LogP contribution in [0.3, 0.4) is 0 Å². The van der Waals surface area contributed by atoms with Crippen molar-refractivity contribution in [3.63, 3.8) is 0 Å². The van der Waals surface area contributed by atoms with Gasteiger partial charge < -0.3 is 5.32 Å². The molecule has 0 fully saturated rings. The highest BCUT2D eigenvalue weighted by Crippen LogP contribution is 2.37. The molecule has 1 amide bonds. The molecule has 1 atom stereocenters. The van der Waals surface area contributed by atoms with Crippen LogP contribution < -0.4 is 10.2 Å². The van der Waals surface area contributed by atoms with Gasteiger partial charge in [-0.3, -0.25) is 19.8 Å². The van der Waals surface area contributed by atoms with E-state index >= 15 is 0 Å². The summed E-state index contributed by atoms with van der Waals surface area (Å²) in [5, 5.41) is 14.2. The van der Waals surface area contributed by atoms with Gasteiger partial charge in [0.05, 0.1) is 11.0 Å². The van der Waals surface area contributed by atoms with Crippen molar-refractivity contribution in [2.75, 3.05) is 10.2 Å².